The highest BCUT2D eigenvalue weighted by Crippen LogP contribution is 2.34. The van der Waals surface area contributed by atoms with Gasteiger partial charge in [-0.05, 0) is 57.0 Å². The Morgan fingerprint density at radius 2 is 2.00 bits per heavy atom. The molecular formula is C16H21NO3. The number of methoxy groups -OCH3 is 1. The summed E-state index contributed by atoms with van der Waals surface area (Å²) in [5.41, 5.74) is 0.656. The lowest BCUT2D eigenvalue weighted by atomic mass is 9.86. The molecule has 3 heterocycles. The highest BCUT2D eigenvalue weighted by molar-refractivity contribution is 5.94. The minimum Gasteiger partial charge on any atom is -0.493 e. The van der Waals surface area contributed by atoms with Crippen molar-refractivity contribution in [3.8, 4) is 11.5 Å². The molecular weight excluding hydrogens is 254 g/mol. The number of piperidine rings is 3. The normalized spacial score (nSPS) is 28.2. The summed E-state index contributed by atoms with van der Waals surface area (Å²) >= 11 is 0. The summed E-state index contributed by atoms with van der Waals surface area (Å²) in [4.78, 5) is 13.9. The number of fused-ring (bicyclic) bond motifs is 3. The second-order valence-corrected chi connectivity index (χ2v) is 5.72. The van der Waals surface area contributed by atoms with Crippen LogP contribution in [0.2, 0.25) is 0 Å². The summed E-state index contributed by atoms with van der Waals surface area (Å²) < 4.78 is 11.5. The molecule has 2 bridgehead atoms. The van der Waals surface area contributed by atoms with Crippen LogP contribution in [0.4, 0.5) is 0 Å². The Bertz CT molecular complexity index is 506. The van der Waals surface area contributed by atoms with Crippen LogP contribution in [0.3, 0.4) is 0 Å². The van der Waals surface area contributed by atoms with Crippen LogP contribution in [0.25, 0.3) is 0 Å². The van der Waals surface area contributed by atoms with Crippen molar-refractivity contribution in [2.45, 2.75) is 25.9 Å². The first-order valence-corrected chi connectivity index (χ1v) is 7.25. The van der Waals surface area contributed by atoms with Crippen LogP contribution < -0.4 is 9.47 Å². The summed E-state index contributed by atoms with van der Waals surface area (Å²) in [7, 11) is 1.61. The topological polar surface area (TPSA) is 38.8 Å². The average Bonchev–Trinajstić information content (AvgIpc) is 2.48. The molecule has 0 saturated carbocycles. The van der Waals surface area contributed by atoms with E-state index in [0.717, 1.165) is 12.3 Å². The van der Waals surface area contributed by atoms with Crippen molar-refractivity contribution in [1.29, 1.82) is 0 Å². The fourth-order valence-electron chi connectivity index (χ4n) is 3.19. The zero-order valence-electron chi connectivity index (χ0n) is 12.1. The number of Topliss-reactive ketones (excluding diaryl/α,β-unsaturated/α-hetero) is 1. The molecule has 1 unspecified atom stereocenters. The average molecular weight is 275 g/mol. The molecule has 0 radical (unpaired) electrons. The first-order chi connectivity index (χ1) is 9.67. The zero-order chi connectivity index (χ0) is 14.1. The Kier molecular flexibility index (Phi) is 3.66. The largest absolute Gasteiger partial charge is 0.493 e. The maximum absolute atomic E-state index is 11.4. The summed E-state index contributed by atoms with van der Waals surface area (Å²) in [6, 6.07) is 5.42. The van der Waals surface area contributed by atoms with E-state index in [1.54, 1.807) is 20.1 Å². The van der Waals surface area contributed by atoms with Crippen LogP contribution in [0.15, 0.2) is 18.2 Å². The van der Waals surface area contributed by atoms with E-state index in [1.807, 2.05) is 12.1 Å². The van der Waals surface area contributed by atoms with Crippen molar-refractivity contribution in [3.05, 3.63) is 23.8 Å². The Hall–Kier alpha value is -1.55. The number of hydrogen-bond acceptors (Lipinski definition) is 4. The predicted molar refractivity (Wildman–Crippen MR) is 76.6 cm³/mol. The van der Waals surface area contributed by atoms with Gasteiger partial charge in [0.1, 0.15) is 6.10 Å². The van der Waals surface area contributed by atoms with E-state index < -0.39 is 0 Å². The van der Waals surface area contributed by atoms with Crippen LogP contribution >= 0.6 is 0 Å². The Morgan fingerprint density at radius 3 is 2.55 bits per heavy atom. The molecule has 4 heteroatoms. The highest BCUT2D eigenvalue weighted by Gasteiger charge is 2.35. The van der Waals surface area contributed by atoms with Gasteiger partial charge in [-0.2, -0.15) is 0 Å². The third kappa shape index (κ3) is 2.52. The molecule has 3 aliphatic heterocycles. The maximum Gasteiger partial charge on any atom is 0.161 e. The third-order valence-corrected chi connectivity index (χ3v) is 4.44. The standard InChI is InChI=1S/C16H21NO3/c1-11(18)13-3-4-14(15(9-13)19-2)20-16-10-17-7-5-12(16)6-8-17/h3-4,9,12,16H,5-8,10H2,1-2H3. The van der Waals surface area contributed by atoms with Crippen molar-refractivity contribution >= 4 is 5.78 Å². The molecule has 3 saturated heterocycles. The molecule has 4 rings (SSSR count). The van der Waals surface area contributed by atoms with E-state index in [4.69, 9.17) is 9.47 Å². The highest BCUT2D eigenvalue weighted by atomic mass is 16.5. The molecule has 0 aliphatic carbocycles. The number of rotatable bonds is 4. The Labute approximate surface area is 119 Å². The molecule has 0 N–H and O–H groups in total. The summed E-state index contributed by atoms with van der Waals surface area (Å²) in [5.74, 6) is 2.08. The number of carbonyl (C=O) groups excluding carboxylic acids is 1. The van der Waals surface area contributed by atoms with Gasteiger partial charge in [0.25, 0.3) is 0 Å². The number of benzene rings is 1. The number of hydrogen-bond donors (Lipinski definition) is 0. The number of nitrogens with zero attached hydrogens (tertiary/aromatic N) is 1. The summed E-state index contributed by atoms with van der Waals surface area (Å²) in [5, 5.41) is 0. The quantitative estimate of drug-likeness (QED) is 0.791. The molecule has 3 aliphatic rings. The molecule has 1 aromatic carbocycles. The van der Waals surface area contributed by atoms with Gasteiger partial charge >= 0.3 is 0 Å². The van der Waals surface area contributed by atoms with Crippen molar-refractivity contribution in [2.75, 3.05) is 26.7 Å². The van der Waals surface area contributed by atoms with Crippen molar-refractivity contribution < 1.29 is 14.3 Å². The fraction of sp³-hybridized carbons (Fsp3) is 0.562. The monoisotopic (exact) mass is 275 g/mol. The van der Waals surface area contributed by atoms with E-state index in [9.17, 15) is 4.79 Å². The van der Waals surface area contributed by atoms with Gasteiger partial charge in [0.05, 0.1) is 7.11 Å². The minimum absolute atomic E-state index is 0.0395. The molecule has 0 amide bonds. The van der Waals surface area contributed by atoms with Crippen LogP contribution in [0.1, 0.15) is 30.1 Å². The number of ketones is 1. The molecule has 0 aromatic heterocycles. The Balaban J connectivity index is 1.78. The van der Waals surface area contributed by atoms with Gasteiger partial charge in [-0.15, -0.1) is 0 Å². The van der Waals surface area contributed by atoms with Crippen LogP contribution in [-0.4, -0.2) is 43.5 Å². The number of carbonyl (C=O) groups is 1. The summed E-state index contributed by atoms with van der Waals surface area (Å²) in [6.45, 7) is 4.96. The number of ether oxygens (including phenoxy) is 2. The van der Waals surface area contributed by atoms with Crippen molar-refractivity contribution in [1.82, 2.24) is 4.90 Å². The SMILES string of the molecule is COc1cc(C(C)=O)ccc1OC1CN2CCC1CC2. The molecule has 1 atom stereocenters. The lowest BCUT2D eigenvalue weighted by Crippen LogP contribution is -2.52. The lowest BCUT2D eigenvalue weighted by Gasteiger charge is -2.44. The minimum atomic E-state index is 0.0395. The van der Waals surface area contributed by atoms with Crippen molar-refractivity contribution in [2.24, 2.45) is 5.92 Å². The fourth-order valence-corrected chi connectivity index (χ4v) is 3.19. The van der Waals surface area contributed by atoms with Crippen LogP contribution in [0.5, 0.6) is 11.5 Å². The molecule has 3 fully saturated rings. The maximum atomic E-state index is 11.4. The molecule has 1 aromatic rings. The third-order valence-electron chi connectivity index (χ3n) is 4.44. The van der Waals surface area contributed by atoms with Gasteiger partial charge in [-0.1, -0.05) is 0 Å². The van der Waals surface area contributed by atoms with Crippen LogP contribution in [-0.2, 0) is 0 Å². The van der Waals surface area contributed by atoms with E-state index in [2.05, 4.69) is 4.90 Å². The van der Waals surface area contributed by atoms with Gasteiger partial charge < -0.3 is 9.47 Å². The molecule has 4 nitrogen and oxygen atoms in total. The van der Waals surface area contributed by atoms with Gasteiger partial charge in [0, 0.05) is 12.1 Å². The predicted octanol–water partition coefficient (Wildman–Crippen LogP) is 2.37. The second-order valence-electron chi connectivity index (χ2n) is 5.72. The first-order valence-electron chi connectivity index (χ1n) is 7.25. The van der Waals surface area contributed by atoms with E-state index >= 15 is 0 Å². The molecule has 0 spiro atoms. The van der Waals surface area contributed by atoms with Gasteiger partial charge in [-0.25, -0.2) is 0 Å². The van der Waals surface area contributed by atoms with Gasteiger partial charge in [0.15, 0.2) is 17.3 Å². The van der Waals surface area contributed by atoms with Gasteiger partial charge in [0.2, 0.25) is 0 Å². The lowest BCUT2D eigenvalue weighted by molar-refractivity contribution is -0.00883. The van der Waals surface area contributed by atoms with Crippen molar-refractivity contribution in [3.63, 3.8) is 0 Å². The Morgan fingerprint density at radius 1 is 1.25 bits per heavy atom. The van der Waals surface area contributed by atoms with E-state index in [0.29, 0.717) is 17.2 Å². The second kappa shape index (κ2) is 5.44. The van der Waals surface area contributed by atoms with E-state index in [-0.39, 0.29) is 11.9 Å². The summed E-state index contributed by atoms with van der Waals surface area (Å²) in [6.07, 6.45) is 2.69. The van der Waals surface area contributed by atoms with Gasteiger partial charge in [-0.3, -0.25) is 9.69 Å². The smallest absolute Gasteiger partial charge is 0.161 e. The first kappa shape index (κ1) is 13.4. The molecule has 20 heavy (non-hydrogen) atoms. The van der Waals surface area contributed by atoms with Crippen LogP contribution in [0, 0.1) is 5.92 Å². The molecule has 108 valence electrons. The zero-order valence-corrected chi connectivity index (χ0v) is 12.1. The van der Waals surface area contributed by atoms with E-state index in [1.165, 1.54) is 25.9 Å².